The van der Waals surface area contributed by atoms with E-state index in [9.17, 15) is 10.2 Å². The molecule has 97 valence electrons. The number of hydrogen-bond acceptors (Lipinski definition) is 5. The van der Waals surface area contributed by atoms with Gasteiger partial charge in [0.05, 0.1) is 6.07 Å². The first-order valence-corrected chi connectivity index (χ1v) is 7.12. The van der Waals surface area contributed by atoms with Crippen molar-refractivity contribution in [2.75, 3.05) is 7.11 Å². The monoisotopic (exact) mass is 274 g/mol. The fourth-order valence-electron chi connectivity index (χ4n) is 1.34. The molecule has 0 saturated heterocycles. The Kier molecular flexibility index (Phi) is 8.52. The SMILES string of the molecule is CCCCCCC(S)(C#N)[Si]=C(O)C(O)OC. The molecule has 0 aliphatic rings. The van der Waals surface area contributed by atoms with Gasteiger partial charge in [-0.2, -0.15) is 17.9 Å². The van der Waals surface area contributed by atoms with Crippen LogP contribution in [0.3, 0.4) is 0 Å². The predicted molar refractivity (Wildman–Crippen MR) is 71.8 cm³/mol. The molecule has 0 aromatic carbocycles. The van der Waals surface area contributed by atoms with Gasteiger partial charge in [-0.05, 0) is 6.42 Å². The van der Waals surface area contributed by atoms with Gasteiger partial charge in [0.1, 0.15) is 18.9 Å². The summed E-state index contributed by atoms with van der Waals surface area (Å²) in [5.74, 6) is 0. The highest BCUT2D eigenvalue weighted by atomic mass is 32.1. The van der Waals surface area contributed by atoms with Crippen LogP contribution < -0.4 is 0 Å². The fraction of sp³-hybridized carbons (Fsp3) is 0.818. The molecule has 0 aromatic rings. The van der Waals surface area contributed by atoms with E-state index in [4.69, 9.17) is 5.26 Å². The predicted octanol–water partition coefficient (Wildman–Crippen LogP) is 1.28. The number of rotatable bonds is 8. The second kappa shape index (κ2) is 8.70. The number of hydrogen-bond donors (Lipinski definition) is 3. The fourth-order valence-corrected chi connectivity index (χ4v) is 2.86. The van der Waals surface area contributed by atoms with Gasteiger partial charge in [-0.1, -0.05) is 32.6 Å². The average molecular weight is 274 g/mol. The topological polar surface area (TPSA) is 73.5 Å². The molecule has 0 spiro atoms. The Labute approximate surface area is 110 Å². The molecule has 0 aliphatic heterocycles. The van der Waals surface area contributed by atoms with E-state index < -0.39 is 10.7 Å². The van der Waals surface area contributed by atoms with Gasteiger partial charge < -0.3 is 14.9 Å². The normalized spacial score (nSPS) is 17.2. The second-order valence-corrected chi connectivity index (χ2v) is 6.68. The zero-order chi connectivity index (χ0) is 13.3. The molecule has 0 heterocycles. The van der Waals surface area contributed by atoms with Gasteiger partial charge in [0.15, 0.2) is 0 Å². The average Bonchev–Trinajstić information content (AvgIpc) is 2.33. The molecule has 17 heavy (non-hydrogen) atoms. The van der Waals surface area contributed by atoms with E-state index in [-0.39, 0.29) is 14.5 Å². The van der Waals surface area contributed by atoms with E-state index in [1.807, 2.05) is 0 Å². The van der Waals surface area contributed by atoms with Gasteiger partial charge in [0.2, 0.25) is 6.29 Å². The highest BCUT2D eigenvalue weighted by Crippen LogP contribution is 2.19. The minimum Gasteiger partial charge on any atom is -0.513 e. The van der Waals surface area contributed by atoms with Crippen LogP contribution in [0.2, 0.25) is 0 Å². The van der Waals surface area contributed by atoms with Gasteiger partial charge in [0, 0.05) is 7.11 Å². The van der Waals surface area contributed by atoms with Crippen LogP contribution in [-0.2, 0) is 4.74 Å². The van der Waals surface area contributed by atoms with Crippen molar-refractivity contribution in [3.05, 3.63) is 0 Å². The molecular weight excluding hydrogens is 254 g/mol. The molecular formula is C11H20NO3SSi. The molecule has 0 aliphatic carbocycles. The van der Waals surface area contributed by atoms with E-state index in [1.165, 1.54) is 7.11 Å². The van der Waals surface area contributed by atoms with Gasteiger partial charge in [-0.15, -0.1) is 0 Å². The molecule has 0 rings (SSSR count). The maximum Gasteiger partial charge on any atom is 0.208 e. The number of aliphatic hydroxyl groups is 2. The lowest BCUT2D eigenvalue weighted by Crippen LogP contribution is -2.34. The van der Waals surface area contributed by atoms with Crippen LogP contribution in [0.25, 0.3) is 0 Å². The van der Waals surface area contributed by atoms with Crippen molar-refractivity contribution in [3.63, 3.8) is 0 Å². The van der Waals surface area contributed by atoms with Gasteiger partial charge in [0.25, 0.3) is 0 Å². The van der Waals surface area contributed by atoms with Crippen molar-refractivity contribution in [1.82, 2.24) is 0 Å². The summed E-state index contributed by atoms with van der Waals surface area (Å²) in [5, 5.41) is 27.6. The highest BCUT2D eigenvalue weighted by Gasteiger charge is 2.25. The maximum atomic E-state index is 9.54. The molecule has 6 heteroatoms. The van der Waals surface area contributed by atoms with Crippen molar-refractivity contribution in [3.8, 4) is 6.07 Å². The highest BCUT2D eigenvalue weighted by molar-refractivity contribution is 7.83. The summed E-state index contributed by atoms with van der Waals surface area (Å²) in [6, 6.07) is 2.09. The Morgan fingerprint density at radius 1 is 1.53 bits per heavy atom. The van der Waals surface area contributed by atoms with Crippen LogP contribution in [0, 0.1) is 11.3 Å². The summed E-state index contributed by atoms with van der Waals surface area (Å²) in [4.78, 5) is 0. The summed E-state index contributed by atoms with van der Waals surface area (Å²) in [7, 11) is 1.04. The van der Waals surface area contributed by atoms with E-state index in [2.05, 4.69) is 30.4 Å². The molecule has 2 N–H and O–H groups in total. The molecule has 2 atom stereocenters. The summed E-state index contributed by atoms with van der Waals surface area (Å²) in [6.45, 7) is 2.12. The number of thiol groups is 1. The summed E-state index contributed by atoms with van der Waals surface area (Å²) in [5.41, 5.74) is 0. The summed E-state index contributed by atoms with van der Waals surface area (Å²) < 4.78 is 3.67. The zero-order valence-corrected chi connectivity index (χ0v) is 12.2. The molecule has 4 nitrogen and oxygen atoms in total. The molecule has 0 fully saturated rings. The van der Waals surface area contributed by atoms with E-state index >= 15 is 0 Å². The Morgan fingerprint density at radius 2 is 2.18 bits per heavy atom. The Bertz CT molecular complexity index is 293. The third kappa shape index (κ3) is 6.84. The number of methoxy groups -OCH3 is 1. The van der Waals surface area contributed by atoms with Crippen molar-refractivity contribution >= 4 is 27.1 Å². The zero-order valence-electron chi connectivity index (χ0n) is 10.3. The first-order valence-electron chi connectivity index (χ1n) is 5.67. The van der Waals surface area contributed by atoms with Crippen LogP contribution >= 0.6 is 12.6 Å². The lowest BCUT2D eigenvalue weighted by Gasteiger charge is -2.17. The molecule has 2 unspecified atom stereocenters. The smallest absolute Gasteiger partial charge is 0.208 e. The van der Waals surface area contributed by atoms with Gasteiger partial charge in [-0.25, -0.2) is 0 Å². The summed E-state index contributed by atoms with van der Waals surface area (Å²) >= 11 is 4.30. The largest absolute Gasteiger partial charge is 0.513 e. The lowest BCUT2D eigenvalue weighted by atomic mass is 10.1. The van der Waals surface area contributed by atoms with Crippen LogP contribution in [0.1, 0.15) is 39.0 Å². The minimum absolute atomic E-state index is 0.223. The van der Waals surface area contributed by atoms with Crippen LogP contribution in [0.4, 0.5) is 0 Å². The van der Waals surface area contributed by atoms with Gasteiger partial charge in [-0.3, -0.25) is 0 Å². The van der Waals surface area contributed by atoms with Crippen LogP contribution in [0.15, 0.2) is 0 Å². The Morgan fingerprint density at radius 3 is 2.65 bits per heavy atom. The molecule has 0 saturated carbocycles. The molecule has 0 bridgehead atoms. The van der Waals surface area contributed by atoms with Crippen LogP contribution in [-0.4, -0.2) is 42.5 Å². The second-order valence-electron chi connectivity index (χ2n) is 3.88. The first-order chi connectivity index (χ1) is 7.99. The number of aliphatic hydroxyl groups excluding tert-OH is 2. The molecule has 1 radical (unpaired) electrons. The maximum absolute atomic E-state index is 9.54. The quantitative estimate of drug-likeness (QED) is 0.270. The molecule has 0 aromatic heterocycles. The lowest BCUT2D eigenvalue weighted by molar-refractivity contribution is -0.0290. The van der Waals surface area contributed by atoms with Crippen molar-refractivity contribution < 1.29 is 14.9 Å². The number of nitrogens with zero attached hydrogens (tertiary/aromatic N) is 1. The van der Waals surface area contributed by atoms with Crippen molar-refractivity contribution in [2.45, 2.75) is 49.7 Å². The van der Waals surface area contributed by atoms with Gasteiger partial charge >= 0.3 is 0 Å². The third-order valence-corrected chi connectivity index (χ3v) is 4.31. The standard InChI is InChI=1S/C11H20NO3SSi/c1-3-4-5-6-7-11(16,8-12)17-10(14)9(13)15-2/h9,13-14,16H,3-7H2,1-2H3. The van der Waals surface area contributed by atoms with E-state index in [0.717, 1.165) is 25.7 Å². The van der Waals surface area contributed by atoms with Crippen LogP contribution in [0.5, 0.6) is 0 Å². The van der Waals surface area contributed by atoms with Crippen molar-refractivity contribution in [2.24, 2.45) is 0 Å². The Balaban J connectivity index is 4.42. The number of unbranched alkanes of at least 4 members (excludes halogenated alkanes) is 3. The first kappa shape index (κ1) is 16.6. The Hall–Kier alpha value is -0.353. The van der Waals surface area contributed by atoms with E-state index in [1.54, 1.807) is 0 Å². The number of ether oxygens (including phenoxy) is 1. The van der Waals surface area contributed by atoms with Crippen molar-refractivity contribution in [1.29, 1.82) is 5.26 Å². The minimum atomic E-state index is -1.33. The third-order valence-electron chi connectivity index (χ3n) is 2.37. The van der Waals surface area contributed by atoms with E-state index in [0.29, 0.717) is 6.42 Å². The summed E-state index contributed by atoms with van der Waals surface area (Å²) in [6.07, 6.45) is 3.49. The molecule has 0 amide bonds. The number of nitriles is 1.